The van der Waals surface area contributed by atoms with E-state index in [4.69, 9.17) is 4.74 Å². The lowest BCUT2D eigenvalue weighted by Gasteiger charge is -2.04. The van der Waals surface area contributed by atoms with Crippen LogP contribution < -0.4 is 10.1 Å². The molecular formula is C14H14N2O3S. The van der Waals surface area contributed by atoms with E-state index in [9.17, 15) is 9.59 Å². The maximum absolute atomic E-state index is 11.6. The zero-order valence-corrected chi connectivity index (χ0v) is 11.8. The fraction of sp³-hybridized carbons (Fsp3) is 0.214. The number of aryl methyl sites for hydroxylation is 1. The number of ether oxygens (including phenoxy) is 1. The van der Waals surface area contributed by atoms with Gasteiger partial charge in [-0.2, -0.15) is 0 Å². The van der Waals surface area contributed by atoms with Crippen LogP contribution >= 0.6 is 11.3 Å². The number of amides is 1. The van der Waals surface area contributed by atoms with E-state index in [1.807, 2.05) is 19.1 Å². The first kappa shape index (κ1) is 14.2. The Hall–Kier alpha value is -2.21. The van der Waals surface area contributed by atoms with Gasteiger partial charge in [0.15, 0.2) is 5.13 Å². The molecule has 2 aromatic rings. The average Bonchev–Trinajstić information content (AvgIpc) is 2.92. The molecule has 2 rings (SSSR count). The largest absolute Gasteiger partial charge is 0.427 e. The van der Waals surface area contributed by atoms with Crippen molar-refractivity contribution >= 4 is 28.3 Å². The molecule has 104 valence electrons. The molecule has 5 nitrogen and oxygen atoms in total. The number of aromatic nitrogens is 1. The van der Waals surface area contributed by atoms with E-state index in [1.165, 1.54) is 11.3 Å². The highest BCUT2D eigenvalue weighted by molar-refractivity contribution is 7.13. The summed E-state index contributed by atoms with van der Waals surface area (Å²) in [5.74, 6) is -0.190. The van der Waals surface area contributed by atoms with Crippen molar-refractivity contribution in [2.45, 2.75) is 19.8 Å². The van der Waals surface area contributed by atoms with Gasteiger partial charge in [-0.3, -0.25) is 9.59 Å². The molecule has 1 heterocycles. The number of rotatable bonds is 5. The third kappa shape index (κ3) is 4.47. The molecule has 0 saturated carbocycles. The molecule has 0 atom stereocenters. The van der Waals surface area contributed by atoms with Crippen LogP contribution in [0.5, 0.6) is 5.75 Å². The zero-order valence-electron chi connectivity index (χ0n) is 11.0. The minimum atomic E-state index is -0.428. The Labute approximate surface area is 120 Å². The molecule has 0 saturated heterocycles. The lowest BCUT2D eigenvalue weighted by Crippen LogP contribution is -2.15. The number of benzene rings is 1. The van der Waals surface area contributed by atoms with Crippen molar-refractivity contribution in [3.8, 4) is 5.75 Å². The fourth-order valence-corrected chi connectivity index (χ4v) is 2.02. The van der Waals surface area contributed by atoms with Crippen LogP contribution in [0.25, 0.3) is 0 Å². The molecule has 0 spiro atoms. The molecule has 1 amide bonds. The number of carbonyl (C=O) groups excluding carboxylic acids is 2. The van der Waals surface area contributed by atoms with Gasteiger partial charge in [-0.25, -0.2) is 4.98 Å². The lowest BCUT2D eigenvalue weighted by molar-refractivity contribution is -0.135. The molecular weight excluding hydrogens is 276 g/mol. The maximum atomic E-state index is 11.6. The Morgan fingerprint density at radius 1 is 1.25 bits per heavy atom. The van der Waals surface area contributed by atoms with Gasteiger partial charge in [-0.15, -0.1) is 11.3 Å². The van der Waals surface area contributed by atoms with Gasteiger partial charge >= 0.3 is 5.97 Å². The molecule has 0 bridgehead atoms. The van der Waals surface area contributed by atoms with Crippen molar-refractivity contribution < 1.29 is 14.3 Å². The third-order valence-electron chi connectivity index (χ3n) is 2.49. The highest BCUT2D eigenvalue weighted by atomic mass is 32.1. The van der Waals surface area contributed by atoms with Gasteiger partial charge in [0, 0.05) is 18.0 Å². The topological polar surface area (TPSA) is 68.3 Å². The molecule has 0 radical (unpaired) electrons. The summed E-state index contributed by atoms with van der Waals surface area (Å²) in [5.41, 5.74) is 1.09. The Morgan fingerprint density at radius 2 is 2.00 bits per heavy atom. The first-order chi connectivity index (χ1) is 9.63. The van der Waals surface area contributed by atoms with Crippen LogP contribution in [0.3, 0.4) is 0 Å². The predicted octanol–water partition coefficient (Wildman–Crippen LogP) is 2.78. The lowest BCUT2D eigenvalue weighted by atomic mass is 10.2. The molecule has 1 aromatic heterocycles. The van der Waals surface area contributed by atoms with E-state index in [0.717, 1.165) is 5.56 Å². The van der Waals surface area contributed by atoms with E-state index < -0.39 is 5.97 Å². The summed E-state index contributed by atoms with van der Waals surface area (Å²) in [4.78, 5) is 27.1. The Kier molecular flexibility index (Phi) is 4.84. The molecule has 0 aliphatic rings. The molecule has 1 N–H and O–H groups in total. The van der Waals surface area contributed by atoms with Crippen LogP contribution in [-0.4, -0.2) is 16.9 Å². The zero-order chi connectivity index (χ0) is 14.4. The van der Waals surface area contributed by atoms with Gasteiger partial charge in [0.1, 0.15) is 5.75 Å². The van der Waals surface area contributed by atoms with Crippen LogP contribution in [0.15, 0.2) is 35.8 Å². The minimum absolute atomic E-state index is 0.0328. The van der Waals surface area contributed by atoms with Crippen molar-refractivity contribution in [2.75, 3.05) is 5.32 Å². The number of anilines is 1. The first-order valence-corrected chi connectivity index (χ1v) is 6.98. The highest BCUT2D eigenvalue weighted by Crippen LogP contribution is 2.13. The standard InChI is InChI=1S/C14H14N2O3S/c1-10-2-4-11(5-3-10)19-13(18)7-6-12(17)16-14-15-8-9-20-14/h2-5,8-9H,6-7H2,1H3,(H,15,16,17). The molecule has 0 aliphatic heterocycles. The van der Waals surface area contributed by atoms with E-state index in [0.29, 0.717) is 10.9 Å². The number of carbonyl (C=O) groups is 2. The molecule has 1 aromatic carbocycles. The van der Waals surface area contributed by atoms with Crippen LogP contribution in [0.4, 0.5) is 5.13 Å². The monoisotopic (exact) mass is 290 g/mol. The number of hydrogen-bond donors (Lipinski definition) is 1. The third-order valence-corrected chi connectivity index (χ3v) is 3.18. The Bertz CT molecular complexity index is 579. The molecule has 6 heteroatoms. The van der Waals surface area contributed by atoms with Gasteiger partial charge in [-0.1, -0.05) is 17.7 Å². The summed E-state index contributed by atoms with van der Waals surface area (Å²) in [6.07, 6.45) is 1.71. The number of nitrogens with zero attached hydrogens (tertiary/aromatic N) is 1. The number of nitrogens with one attached hydrogen (secondary N) is 1. The summed E-state index contributed by atoms with van der Waals surface area (Å²) < 4.78 is 5.12. The summed E-state index contributed by atoms with van der Waals surface area (Å²) in [7, 11) is 0. The van der Waals surface area contributed by atoms with Gasteiger partial charge in [0.05, 0.1) is 6.42 Å². The second-order valence-electron chi connectivity index (χ2n) is 4.17. The van der Waals surface area contributed by atoms with Gasteiger partial charge in [0.25, 0.3) is 0 Å². The summed E-state index contributed by atoms with van der Waals surface area (Å²) in [6.45, 7) is 1.95. The normalized spacial score (nSPS) is 10.1. The second-order valence-corrected chi connectivity index (χ2v) is 5.07. The highest BCUT2D eigenvalue weighted by Gasteiger charge is 2.10. The van der Waals surface area contributed by atoms with Gasteiger partial charge < -0.3 is 10.1 Å². The summed E-state index contributed by atoms with van der Waals surface area (Å²) >= 11 is 1.33. The fourth-order valence-electron chi connectivity index (χ4n) is 1.47. The number of hydrogen-bond acceptors (Lipinski definition) is 5. The quantitative estimate of drug-likeness (QED) is 0.679. The van der Waals surface area contributed by atoms with Crippen molar-refractivity contribution in [3.05, 3.63) is 41.4 Å². The van der Waals surface area contributed by atoms with Crippen molar-refractivity contribution in [2.24, 2.45) is 0 Å². The first-order valence-electron chi connectivity index (χ1n) is 6.10. The smallest absolute Gasteiger partial charge is 0.311 e. The van der Waals surface area contributed by atoms with Crippen LogP contribution in [0.2, 0.25) is 0 Å². The number of esters is 1. The van der Waals surface area contributed by atoms with E-state index in [-0.39, 0.29) is 18.7 Å². The van der Waals surface area contributed by atoms with Crippen LogP contribution in [-0.2, 0) is 9.59 Å². The van der Waals surface area contributed by atoms with Gasteiger partial charge in [-0.05, 0) is 19.1 Å². The van der Waals surface area contributed by atoms with Crippen LogP contribution in [0, 0.1) is 6.92 Å². The predicted molar refractivity (Wildman–Crippen MR) is 76.8 cm³/mol. The van der Waals surface area contributed by atoms with Crippen molar-refractivity contribution in [1.29, 1.82) is 0 Å². The molecule has 0 aliphatic carbocycles. The van der Waals surface area contributed by atoms with E-state index >= 15 is 0 Å². The molecule has 0 fully saturated rings. The minimum Gasteiger partial charge on any atom is -0.427 e. The van der Waals surface area contributed by atoms with Gasteiger partial charge in [0.2, 0.25) is 5.91 Å². The van der Waals surface area contributed by atoms with E-state index in [2.05, 4.69) is 10.3 Å². The Balaban J connectivity index is 1.74. The molecule has 20 heavy (non-hydrogen) atoms. The van der Waals surface area contributed by atoms with Crippen molar-refractivity contribution in [3.63, 3.8) is 0 Å². The van der Waals surface area contributed by atoms with Crippen molar-refractivity contribution in [1.82, 2.24) is 4.98 Å². The summed E-state index contributed by atoms with van der Waals surface area (Å²) in [5, 5.41) is 4.90. The Morgan fingerprint density at radius 3 is 2.65 bits per heavy atom. The second kappa shape index (κ2) is 6.81. The summed E-state index contributed by atoms with van der Waals surface area (Å²) in [6, 6.07) is 7.17. The number of thiazole rings is 1. The van der Waals surface area contributed by atoms with Crippen LogP contribution in [0.1, 0.15) is 18.4 Å². The maximum Gasteiger partial charge on any atom is 0.311 e. The van der Waals surface area contributed by atoms with E-state index in [1.54, 1.807) is 23.7 Å². The average molecular weight is 290 g/mol. The molecule has 0 unspecified atom stereocenters. The SMILES string of the molecule is Cc1ccc(OC(=O)CCC(=O)Nc2nccs2)cc1.